The standard InChI is InChI=1S/C23H38N6O3/c1-23(2,3)32-22(30)28-16-12-10-8-6-5-7-9-11-15-27-21(25)29(18-24)19-14-13-17-26-20(19)31-4/h13-14,17H,5-12,15-16H2,1-4H3,(H2,25,27)(H,28,30). The van der Waals surface area contributed by atoms with Crippen molar-refractivity contribution >= 4 is 17.7 Å². The van der Waals surface area contributed by atoms with Crippen LogP contribution in [0.15, 0.2) is 23.3 Å². The number of carbonyl (C=O) groups excluding carboxylic acids is 1. The monoisotopic (exact) mass is 446 g/mol. The number of nitrogens with one attached hydrogen (secondary N) is 1. The number of amides is 1. The molecule has 0 aliphatic carbocycles. The van der Waals surface area contributed by atoms with Gasteiger partial charge in [-0.05, 0) is 45.7 Å². The van der Waals surface area contributed by atoms with Gasteiger partial charge in [-0.15, -0.1) is 0 Å². The van der Waals surface area contributed by atoms with Gasteiger partial charge in [0.1, 0.15) is 11.3 Å². The first kappa shape index (κ1) is 27.0. The van der Waals surface area contributed by atoms with E-state index in [1.807, 2.05) is 27.0 Å². The molecule has 178 valence electrons. The molecule has 0 bridgehead atoms. The minimum Gasteiger partial charge on any atom is -0.479 e. The highest BCUT2D eigenvalue weighted by Gasteiger charge is 2.16. The SMILES string of the molecule is COc1ncccc1N(C#N)C(N)=NCCCCCCCCCCNC(=O)OC(C)(C)C. The molecule has 1 heterocycles. The van der Waals surface area contributed by atoms with Crippen LogP contribution < -0.4 is 20.7 Å². The van der Waals surface area contributed by atoms with Crippen molar-refractivity contribution in [1.29, 1.82) is 5.26 Å². The van der Waals surface area contributed by atoms with Gasteiger partial charge in [0.25, 0.3) is 0 Å². The first-order chi connectivity index (χ1) is 15.3. The fraction of sp³-hybridized carbons (Fsp3) is 0.652. The summed E-state index contributed by atoms with van der Waals surface area (Å²) >= 11 is 0. The van der Waals surface area contributed by atoms with Crippen LogP contribution in [0.1, 0.15) is 72.1 Å². The third-order valence-electron chi connectivity index (χ3n) is 4.54. The van der Waals surface area contributed by atoms with Gasteiger partial charge in [-0.3, -0.25) is 4.99 Å². The molecule has 0 unspecified atom stereocenters. The highest BCUT2D eigenvalue weighted by atomic mass is 16.6. The van der Waals surface area contributed by atoms with Crippen molar-refractivity contribution in [2.45, 2.75) is 77.7 Å². The summed E-state index contributed by atoms with van der Waals surface area (Å²) in [6.07, 6.45) is 12.0. The second kappa shape index (κ2) is 14.9. The second-order valence-electron chi connectivity index (χ2n) is 8.46. The van der Waals surface area contributed by atoms with Crippen molar-refractivity contribution in [3.63, 3.8) is 0 Å². The number of carbonyl (C=O) groups is 1. The van der Waals surface area contributed by atoms with Crippen molar-refractivity contribution < 1.29 is 14.3 Å². The average molecular weight is 447 g/mol. The van der Waals surface area contributed by atoms with Crippen LogP contribution in [0.3, 0.4) is 0 Å². The van der Waals surface area contributed by atoms with Gasteiger partial charge >= 0.3 is 6.09 Å². The highest BCUT2D eigenvalue weighted by Crippen LogP contribution is 2.24. The maximum atomic E-state index is 11.5. The number of aliphatic imine (C=N–C) groups is 1. The van der Waals surface area contributed by atoms with Gasteiger partial charge in [0.2, 0.25) is 11.8 Å². The number of aromatic nitrogens is 1. The van der Waals surface area contributed by atoms with Crippen LogP contribution in [0.5, 0.6) is 5.88 Å². The van der Waals surface area contributed by atoms with Crippen molar-refractivity contribution in [3.8, 4) is 12.1 Å². The van der Waals surface area contributed by atoms with E-state index in [-0.39, 0.29) is 12.1 Å². The Hall–Kier alpha value is -3.02. The van der Waals surface area contributed by atoms with E-state index in [1.54, 1.807) is 18.3 Å². The summed E-state index contributed by atoms with van der Waals surface area (Å²) in [7, 11) is 1.50. The Bertz CT molecular complexity index is 755. The van der Waals surface area contributed by atoms with Crippen LogP contribution in [0.25, 0.3) is 0 Å². The number of hydrogen-bond donors (Lipinski definition) is 2. The molecule has 0 saturated heterocycles. The van der Waals surface area contributed by atoms with Crippen LogP contribution in [0.2, 0.25) is 0 Å². The summed E-state index contributed by atoms with van der Waals surface area (Å²) in [5.74, 6) is 0.464. The van der Waals surface area contributed by atoms with Crippen LogP contribution in [-0.4, -0.2) is 42.8 Å². The minimum atomic E-state index is -0.455. The molecule has 0 aromatic carbocycles. The normalized spacial score (nSPS) is 11.5. The number of unbranched alkanes of at least 4 members (excludes halogenated alkanes) is 7. The van der Waals surface area contributed by atoms with Crippen LogP contribution in [0.4, 0.5) is 10.5 Å². The van der Waals surface area contributed by atoms with Crippen molar-refractivity contribution in [2.75, 3.05) is 25.1 Å². The third kappa shape index (κ3) is 11.4. The zero-order chi connectivity index (χ0) is 23.8. The number of anilines is 1. The molecule has 1 rings (SSSR count). The molecule has 0 aliphatic rings. The number of guanidine groups is 1. The molecule has 1 aromatic rings. The summed E-state index contributed by atoms with van der Waals surface area (Å²) in [5.41, 5.74) is 6.01. The van der Waals surface area contributed by atoms with E-state index in [1.165, 1.54) is 24.9 Å². The lowest BCUT2D eigenvalue weighted by Gasteiger charge is -2.19. The van der Waals surface area contributed by atoms with Gasteiger partial charge < -0.3 is 20.5 Å². The number of nitriles is 1. The Morgan fingerprint density at radius 1 is 1.19 bits per heavy atom. The van der Waals surface area contributed by atoms with E-state index < -0.39 is 5.60 Å². The highest BCUT2D eigenvalue weighted by molar-refractivity contribution is 5.98. The molecule has 0 fully saturated rings. The predicted molar refractivity (Wildman–Crippen MR) is 127 cm³/mol. The molecule has 0 radical (unpaired) electrons. The molecule has 9 nitrogen and oxygen atoms in total. The van der Waals surface area contributed by atoms with Crippen LogP contribution in [-0.2, 0) is 4.74 Å². The summed E-state index contributed by atoms with van der Waals surface area (Å²) in [6.45, 7) is 6.79. The number of rotatable bonds is 13. The summed E-state index contributed by atoms with van der Waals surface area (Å²) in [6, 6.07) is 3.43. The Kier molecular flexibility index (Phi) is 12.6. The number of ether oxygens (including phenoxy) is 2. The molecule has 3 N–H and O–H groups in total. The van der Waals surface area contributed by atoms with Crippen molar-refractivity contribution in [1.82, 2.24) is 10.3 Å². The Morgan fingerprint density at radius 3 is 2.41 bits per heavy atom. The first-order valence-corrected chi connectivity index (χ1v) is 11.2. The van der Waals surface area contributed by atoms with Crippen molar-refractivity contribution in [2.24, 2.45) is 10.7 Å². The molecule has 32 heavy (non-hydrogen) atoms. The molecule has 9 heteroatoms. The maximum Gasteiger partial charge on any atom is 0.407 e. The number of nitrogens with zero attached hydrogens (tertiary/aromatic N) is 4. The fourth-order valence-corrected chi connectivity index (χ4v) is 3.00. The lowest BCUT2D eigenvalue weighted by Crippen LogP contribution is -2.34. The van der Waals surface area contributed by atoms with Crippen molar-refractivity contribution in [3.05, 3.63) is 18.3 Å². The summed E-state index contributed by atoms with van der Waals surface area (Å²) in [4.78, 5) is 21.2. The average Bonchev–Trinajstić information content (AvgIpc) is 2.74. The predicted octanol–water partition coefficient (Wildman–Crippen LogP) is 4.34. The number of hydrogen-bond acceptors (Lipinski definition) is 6. The third-order valence-corrected chi connectivity index (χ3v) is 4.54. The number of pyridine rings is 1. The van der Waals surface area contributed by atoms with Gasteiger partial charge in [0, 0.05) is 19.3 Å². The number of methoxy groups -OCH3 is 1. The van der Waals surface area contributed by atoms with Gasteiger partial charge in [-0.1, -0.05) is 38.5 Å². The van der Waals surface area contributed by atoms with Gasteiger partial charge in [-0.25, -0.2) is 14.7 Å². The van der Waals surface area contributed by atoms with E-state index in [0.29, 0.717) is 24.7 Å². The Morgan fingerprint density at radius 2 is 1.81 bits per heavy atom. The molecule has 0 aliphatic heterocycles. The molecule has 0 saturated carbocycles. The van der Waals surface area contributed by atoms with Crippen LogP contribution in [0, 0.1) is 11.5 Å². The number of alkyl carbamates (subject to hydrolysis) is 1. The second-order valence-corrected chi connectivity index (χ2v) is 8.46. The number of nitrogens with two attached hydrogens (primary N) is 1. The molecule has 1 amide bonds. The van der Waals surface area contributed by atoms with E-state index >= 15 is 0 Å². The first-order valence-electron chi connectivity index (χ1n) is 11.2. The van der Waals surface area contributed by atoms with Gasteiger partial charge in [0.05, 0.1) is 7.11 Å². The Balaban J connectivity index is 2.11. The molecule has 0 atom stereocenters. The topological polar surface area (TPSA) is 126 Å². The zero-order valence-corrected chi connectivity index (χ0v) is 19.9. The maximum absolute atomic E-state index is 11.5. The molecule has 0 spiro atoms. The van der Waals surface area contributed by atoms with E-state index in [0.717, 1.165) is 38.5 Å². The van der Waals surface area contributed by atoms with Crippen LogP contribution >= 0.6 is 0 Å². The summed E-state index contributed by atoms with van der Waals surface area (Å²) in [5, 5.41) is 12.2. The minimum absolute atomic E-state index is 0.138. The quantitative estimate of drug-likeness (QED) is 0.152. The molecular weight excluding hydrogens is 408 g/mol. The van der Waals surface area contributed by atoms with Gasteiger partial charge in [-0.2, -0.15) is 5.26 Å². The lowest BCUT2D eigenvalue weighted by molar-refractivity contribution is 0.0527. The van der Waals surface area contributed by atoms with E-state index in [9.17, 15) is 10.1 Å². The van der Waals surface area contributed by atoms with E-state index in [2.05, 4.69) is 15.3 Å². The molecule has 1 aromatic heterocycles. The zero-order valence-electron chi connectivity index (χ0n) is 19.9. The Labute approximate surface area is 192 Å². The fourth-order valence-electron chi connectivity index (χ4n) is 3.00. The smallest absolute Gasteiger partial charge is 0.407 e. The van der Waals surface area contributed by atoms with Gasteiger partial charge in [0.15, 0.2) is 6.19 Å². The van der Waals surface area contributed by atoms with E-state index in [4.69, 9.17) is 15.2 Å². The molecular formula is C23H38N6O3. The lowest BCUT2D eigenvalue weighted by atomic mass is 10.1. The summed E-state index contributed by atoms with van der Waals surface area (Å²) < 4.78 is 10.4. The largest absolute Gasteiger partial charge is 0.479 e.